The molecule has 1 fully saturated rings. The first-order chi connectivity index (χ1) is 12.8. The van der Waals surface area contributed by atoms with Crippen molar-refractivity contribution in [2.45, 2.75) is 26.3 Å². The molecule has 3 rings (SSSR count). The van der Waals surface area contributed by atoms with Crippen molar-refractivity contribution in [1.82, 2.24) is 9.78 Å². The van der Waals surface area contributed by atoms with Crippen LogP contribution in [0, 0.1) is 6.92 Å². The molecule has 1 aromatic heterocycles. The number of para-hydroxylation sites is 1. The fourth-order valence-corrected chi connectivity index (χ4v) is 4.79. The lowest BCUT2D eigenvalue weighted by molar-refractivity contribution is 0.0527. The molecule has 9 heteroatoms. The maximum atomic E-state index is 12.6. The second-order valence-corrected chi connectivity index (χ2v) is 8.62. The number of rotatable bonds is 5. The van der Waals surface area contributed by atoms with Crippen LogP contribution in [-0.2, 0) is 14.6 Å². The fraction of sp³-hybridized carbons (Fsp3) is 0.389. The predicted octanol–water partition coefficient (Wildman–Crippen LogP) is 1.98. The highest BCUT2D eigenvalue weighted by molar-refractivity contribution is 7.91. The predicted molar refractivity (Wildman–Crippen MR) is 99.6 cm³/mol. The van der Waals surface area contributed by atoms with Crippen LogP contribution in [0.5, 0.6) is 0 Å². The number of nitrogens with one attached hydrogen (secondary N) is 1. The molecule has 27 heavy (non-hydrogen) atoms. The summed E-state index contributed by atoms with van der Waals surface area (Å²) in [6, 6.07) is 7.90. The first-order valence-corrected chi connectivity index (χ1v) is 10.5. The van der Waals surface area contributed by atoms with Crippen molar-refractivity contribution in [2.75, 3.05) is 23.4 Å². The summed E-state index contributed by atoms with van der Waals surface area (Å²) in [6.07, 6.45) is 0.484. The average molecular weight is 391 g/mol. The number of carbonyl (C=O) groups excluding carboxylic acids is 2. The normalized spacial score (nSPS) is 18.2. The third-order valence-electron chi connectivity index (χ3n) is 4.38. The first-order valence-electron chi connectivity index (χ1n) is 8.65. The zero-order valence-corrected chi connectivity index (χ0v) is 16.0. The number of esters is 1. The molecule has 1 saturated heterocycles. The smallest absolute Gasteiger partial charge is 0.340 e. The Hall–Kier alpha value is -2.68. The van der Waals surface area contributed by atoms with Gasteiger partial charge in [-0.15, -0.1) is 0 Å². The zero-order chi connectivity index (χ0) is 19.6. The van der Waals surface area contributed by atoms with E-state index in [0.29, 0.717) is 17.8 Å². The van der Waals surface area contributed by atoms with E-state index in [0.717, 1.165) is 0 Å². The van der Waals surface area contributed by atoms with Crippen LogP contribution < -0.4 is 5.32 Å². The Morgan fingerprint density at radius 1 is 1.33 bits per heavy atom. The highest BCUT2D eigenvalue weighted by atomic mass is 32.2. The maximum absolute atomic E-state index is 12.6. The molecule has 2 aromatic rings. The van der Waals surface area contributed by atoms with Crippen LogP contribution in [0.2, 0.25) is 0 Å². The van der Waals surface area contributed by atoms with E-state index in [2.05, 4.69) is 10.4 Å². The number of anilines is 1. The van der Waals surface area contributed by atoms with Gasteiger partial charge in [0.15, 0.2) is 15.5 Å². The minimum Gasteiger partial charge on any atom is -0.462 e. The summed E-state index contributed by atoms with van der Waals surface area (Å²) in [7, 11) is -3.05. The van der Waals surface area contributed by atoms with Gasteiger partial charge in [0.25, 0.3) is 5.91 Å². The molecule has 0 saturated carbocycles. The van der Waals surface area contributed by atoms with Crippen LogP contribution in [0.1, 0.15) is 45.9 Å². The van der Waals surface area contributed by atoms with Gasteiger partial charge < -0.3 is 10.1 Å². The summed E-state index contributed by atoms with van der Waals surface area (Å²) < 4.78 is 30.0. The lowest BCUT2D eigenvalue weighted by Gasteiger charge is -2.11. The molecule has 0 bridgehead atoms. The fourth-order valence-electron chi connectivity index (χ4n) is 3.10. The molecule has 1 aliphatic rings. The highest BCUT2D eigenvalue weighted by Crippen LogP contribution is 2.25. The zero-order valence-electron chi connectivity index (χ0n) is 15.1. The molecular weight excluding hydrogens is 370 g/mol. The number of amides is 1. The lowest BCUT2D eigenvalue weighted by Crippen LogP contribution is -2.18. The van der Waals surface area contributed by atoms with Gasteiger partial charge in [0.1, 0.15) is 0 Å². The summed E-state index contributed by atoms with van der Waals surface area (Å²) in [5, 5.41) is 6.97. The number of carbonyl (C=O) groups is 2. The minimum atomic E-state index is -3.05. The van der Waals surface area contributed by atoms with Crippen LogP contribution in [0.4, 0.5) is 5.69 Å². The van der Waals surface area contributed by atoms with E-state index in [4.69, 9.17) is 4.74 Å². The molecule has 1 aliphatic heterocycles. The summed E-state index contributed by atoms with van der Waals surface area (Å²) in [5.74, 6) is -0.839. The Morgan fingerprint density at radius 3 is 2.74 bits per heavy atom. The Morgan fingerprint density at radius 2 is 2.07 bits per heavy atom. The molecule has 1 N–H and O–H groups in total. The summed E-state index contributed by atoms with van der Waals surface area (Å²) in [5.41, 5.74) is 1.46. The number of sulfone groups is 1. The third kappa shape index (κ3) is 4.19. The van der Waals surface area contributed by atoms with Crippen LogP contribution in [0.3, 0.4) is 0 Å². The molecule has 8 nitrogen and oxygen atoms in total. The topological polar surface area (TPSA) is 107 Å². The van der Waals surface area contributed by atoms with Gasteiger partial charge in [-0.2, -0.15) is 5.10 Å². The molecular formula is C18H21N3O5S. The van der Waals surface area contributed by atoms with Gasteiger partial charge in [0.05, 0.1) is 35.4 Å². The van der Waals surface area contributed by atoms with Gasteiger partial charge >= 0.3 is 5.97 Å². The van der Waals surface area contributed by atoms with E-state index in [9.17, 15) is 18.0 Å². The number of aromatic nitrogens is 2. The van der Waals surface area contributed by atoms with Gasteiger partial charge in [-0.05, 0) is 38.5 Å². The average Bonchev–Trinajstić information content (AvgIpc) is 3.17. The standard InChI is InChI=1S/C18H21N3O5S/c1-3-26-18(23)14-6-4-5-7-15(14)19-17(22)16-10-12(2)21(20-16)13-8-9-27(24,25)11-13/h4-7,10,13H,3,8-9,11H2,1-2H3,(H,19,22). The van der Waals surface area contributed by atoms with Crippen LogP contribution in [0.25, 0.3) is 0 Å². The largest absolute Gasteiger partial charge is 0.462 e. The van der Waals surface area contributed by atoms with E-state index in [1.807, 2.05) is 0 Å². The number of aryl methyl sites for hydroxylation is 1. The number of ether oxygens (including phenoxy) is 1. The number of hydrogen-bond acceptors (Lipinski definition) is 6. The molecule has 1 amide bonds. The highest BCUT2D eigenvalue weighted by Gasteiger charge is 2.31. The number of nitrogens with zero attached hydrogens (tertiary/aromatic N) is 2. The molecule has 1 unspecified atom stereocenters. The second kappa shape index (κ2) is 7.51. The van der Waals surface area contributed by atoms with Crippen LogP contribution in [0.15, 0.2) is 30.3 Å². The first kappa shape index (κ1) is 19.1. The van der Waals surface area contributed by atoms with Gasteiger partial charge in [-0.3, -0.25) is 9.48 Å². The Labute approximate surface area is 157 Å². The van der Waals surface area contributed by atoms with Gasteiger partial charge in [0, 0.05) is 5.69 Å². The monoisotopic (exact) mass is 391 g/mol. The van der Waals surface area contributed by atoms with Crippen molar-refractivity contribution in [3.8, 4) is 0 Å². The van der Waals surface area contributed by atoms with Gasteiger partial charge in [0.2, 0.25) is 0 Å². The Bertz CT molecular complexity index is 981. The van der Waals surface area contributed by atoms with Crippen molar-refractivity contribution in [3.05, 3.63) is 47.3 Å². The quantitative estimate of drug-likeness (QED) is 0.781. The molecule has 0 spiro atoms. The van der Waals surface area contributed by atoms with E-state index in [-0.39, 0.29) is 35.4 Å². The summed E-state index contributed by atoms with van der Waals surface area (Å²) in [4.78, 5) is 24.6. The molecule has 144 valence electrons. The maximum Gasteiger partial charge on any atom is 0.340 e. The summed E-state index contributed by atoms with van der Waals surface area (Å²) in [6.45, 7) is 3.72. The minimum absolute atomic E-state index is 0.0300. The Kier molecular flexibility index (Phi) is 5.31. The van der Waals surface area contributed by atoms with Crippen molar-refractivity contribution >= 4 is 27.4 Å². The number of hydrogen-bond donors (Lipinski definition) is 1. The van der Waals surface area contributed by atoms with Gasteiger partial charge in [-0.25, -0.2) is 13.2 Å². The van der Waals surface area contributed by atoms with Crippen molar-refractivity contribution in [3.63, 3.8) is 0 Å². The van der Waals surface area contributed by atoms with E-state index in [1.165, 1.54) is 0 Å². The van der Waals surface area contributed by atoms with Crippen LogP contribution in [-0.4, -0.2) is 48.2 Å². The molecule has 2 heterocycles. The third-order valence-corrected chi connectivity index (χ3v) is 6.13. The Balaban J connectivity index is 1.80. The lowest BCUT2D eigenvalue weighted by atomic mass is 10.1. The summed E-state index contributed by atoms with van der Waals surface area (Å²) >= 11 is 0. The van der Waals surface area contributed by atoms with E-state index >= 15 is 0 Å². The second-order valence-electron chi connectivity index (χ2n) is 6.39. The molecule has 0 aliphatic carbocycles. The van der Waals surface area contributed by atoms with Crippen molar-refractivity contribution in [1.29, 1.82) is 0 Å². The van der Waals surface area contributed by atoms with E-state index < -0.39 is 21.7 Å². The number of benzene rings is 1. The van der Waals surface area contributed by atoms with Crippen LogP contribution >= 0.6 is 0 Å². The molecule has 1 atom stereocenters. The van der Waals surface area contributed by atoms with Gasteiger partial charge in [-0.1, -0.05) is 12.1 Å². The van der Waals surface area contributed by atoms with E-state index in [1.54, 1.807) is 48.9 Å². The molecule has 0 radical (unpaired) electrons. The molecule has 1 aromatic carbocycles. The SMILES string of the molecule is CCOC(=O)c1ccccc1NC(=O)c1cc(C)n(C2CCS(=O)(=O)C2)n1. The van der Waals surface area contributed by atoms with Crippen molar-refractivity contribution < 1.29 is 22.7 Å². The van der Waals surface area contributed by atoms with Crippen molar-refractivity contribution in [2.24, 2.45) is 0 Å².